The van der Waals surface area contributed by atoms with E-state index >= 15 is 0 Å². The fraction of sp³-hybridized carbons (Fsp3) is 0.533. The molecule has 1 aromatic carbocycles. The highest BCUT2D eigenvalue weighted by atomic mass is 19.4. The molecule has 140 valence electrons. The summed E-state index contributed by atoms with van der Waals surface area (Å²) in [4.78, 5) is 11.9. The highest BCUT2D eigenvalue weighted by Crippen LogP contribution is 2.37. The van der Waals surface area contributed by atoms with Crippen LogP contribution in [-0.2, 0) is 12.4 Å². The summed E-state index contributed by atoms with van der Waals surface area (Å²) < 4.78 is 76.6. The van der Waals surface area contributed by atoms with Crippen molar-refractivity contribution in [3.05, 3.63) is 29.3 Å². The van der Waals surface area contributed by atoms with Crippen molar-refractivity contribution >= 4 is 11.7 Å². The minimum Gasteiger partial charge on any atom is -0.391 e. The Hall–Kier alpha value is -1.97. The van der Waals surface area contributed by atoms with E-state index in [1.54, 1.807) is 0 Å². The number of nitrogens with one attached hydrogen (secondary N) is 2. The number of amides is 2. The van der Waals surface area contributed by atoms with Crippen LogP contribution < -0.4 is 10.6 Å². The van der Waals surface area contributed by atoms with Gasteiger partial charge in [0.15, 0.2) is 0 Å². The van der Waals surface area contributed by atoms with Crippen LogP contribution in [0.4, 0.5) is 36.8 Å². The molecule has 1 aliphatic carbocycles. The molecule has 2 amide bonds. The standard InChI is InChI=1S/C15H16F6N2O2/c16-14(17,18)8-5-9(15(19,20)21)7-10(6-8)22-13(25)23-11-3-1-2-4-12(11)24/h5-7,11-12,24H,1-4H2,(H2,22,23,25). The van der Waals surface area contributed by atoms with Gasteiger partial charge in [-0.05, 0) is 31.0 Å². The highest BCUT2D eigenvalue weighted by Gasteiger charge is 2.37. The van der Waals surface area contributed by atoms with E-state index in [-0.39, 0.29) is 6.07 Å². The molecule has 1 saturated carbocycles. The zero-order valence-electron chi connectivity index (χ0n) is 12.8. The van der Waals surface area contributed by atoms with Crippen molar-refractivity contribution in [2.45, 2.75) is 50.2 Å². The summed E-state index contributed by atoms with van der Waals surface area (Å²) in [7, 11) is 0. The summed E-state index contributed by atoms with van der Waals surface area (Å²) in [5.41, 5.74) is -3.67. The molecule has 25 heavy (non-hydrogen) atoms. The number of anilines is 1. The first-order chi connectivity index (χ1) is 11.5. The average Bonchev–Trinajstić information content (AvgIpc) is 2.47. The number of aliphatic hydroxyl groups excluding tert-OH is 1. The third-order valence-corrected chi connectivity index (χ3v) is 3.89. The second-order valence-corrected chi connectivity index (χ2v) is 5.85. The minimum atomic E-state index is -4.99. The summed E-state index contributed by atoms with van der Waals surface area (Å²) in [6.07, 6.45) is -8.31. The van der Waals surface area contributed by atoms with Crippen molar-refractivity contribution in [1.82, 2.24) is 5.32 Å². The Morgan fingerprint density at radius 3 is 1.96 bits per heavy atom. The van der Waals surface area contributed by atoms with Crippen molar-refractivity contribution in [2.75, 3.05) is 5.32 Å². The fourth-order valence-electron chi connectivity index (χ4n) is 2.64. The zero-order valence-corrected chi connectivity index (χ0v) is 12.8. The lowest BCUT2D eigenvalue weighted by Gasteiger charge is -2.28. The van der Waals surface area contributed by atoms with E-state index in [4.69, 9.17) is 0 Å². The van der Waals surface area contributed by atoms with E-state index in [2.05, 4.69) is 5.32 Å². The molecule has 0 aliphatic heterocycles. The van der Waals surface area contributed by atoms with Gasteiger partial charge in [0.05, 0.1) is 23.3 Å². The summed E-state index contributed by atoms with van der Waals surface area (Å²) in [5.74, 6) is 0. The van der Waals surface area contributed by atoms with Gasteiger partial charge in [-0.15, -0.1) is 0 Å². The van der Waals surface area contributed by atoms with Crippen molar-refractivity contribution in [2.24, 2.45) is 0 Å². The topological polar surface area (TPSA) is 61.4 Å². The van der Waals surface area contributed by atoms with Crippen LogP contribution in [0.25, 0.3) is 0 Å². The molecule has 0 radical (unpaired) electrons. The Bertz CT molecular complexity index is 597. The number of hydrogen-bond donors (Lipinski definition) is 3. The molecule has 10 heteroatoms. The summed E-state index contributed by atoms with van der Waals surface area (Å²) in [6.45, 7) is 0. The number of hydrogen-bond acceptors (Lipinski definition) is 2. The molecule has 0 heterocycles. The maximum Gasteiger partial charge on any atom is 0.416 e. The molecule has 1 aromatic rings. The largest absolute Gasteiger partial charge is 0.416 e. The first-order valence-electron chi connectivity index (χ1n) is 7.52. The van der Waals surface area contributed by atoms with E-state index in [0.29, 0.717) is 25.0 Å². The summed E-state index contributed by atoms with van der Waals surface area (Å²) in [5, 5.41) is 14.1. The fourth-order valence-corrected chi connectivity index (χ4v) is 2.64. The predicted octanol–water partition coefficient (Wildman–Crippen LogP) is 4.15. The molecular weight excluding hydrogens is 354 g/mol. The average molecular weight is 370 g/mol. The van der Waals surface area contributed by atoms with Gasteiger partial charge in [-0.25, -0.2) is 4.79 Å². The molecule has 3 N–H and O–H groups in total. The Morgan fingerprint density at radius 2 is 1.48 bits per heavy atom. The number of rotatable bonds is 2. The number of carbonyl (C=O) groups excluding carboxylic acids is 1. The maximum absolute atomic E-state index is 12.8. The number of carbonyl (C=O) groups is 1. The summed E-state index contributed by atoms with van der Waals surface area (Å²) >= 11 is 0. The lowest BCUT2D eigenvalue weighted by molar-refractivity contribution is -0.143. The van der Waals surface area contributed by atoms with E-state index in [1.165, 1.54) is 0 Å². The highest BCUT2D eigenvalue weighted by molar-refractivity contribution is 5.89. The number of halogens is 6. The van der Waals surface area contributed by atoms with Gasteiger partial charge < -0.3 is 15.7 Å². The van der Waals surface area contributed by atoms with Crippen LogP contribution in [-0.4, -0.2) is 23.3 Å². The molecule has 4 nitrogen and oxygen atoms in total. The van der Waals surface area contributed by atoms with E-state index in [9.17, 15) is 36.2 Å². The number of urea groups is 1. The van der Waals surface area contributed by atoms with Crippen molar-refractivity contribution < 1.29 is 36.2 Å². The Kier molecular flexibility index (Phi) is 5.50. The quantitative estimate of drug-likeness (QED) is 0.685. The molecule has 1 aliphatic rings. The van der Waals surface area contributed by atoms with Crippen LogP contribution >= 0.6 is 0 Å². The van der Waals surface area contributed by atoms with Gasteiger partial charge in [-0.3, -0.25) is 0 Å². The predicted molar refractivity (Wildman–Crippen MR) is 76.9 cm³/mol. The normalized spacial score (nSPS) is 21.7. The van der Waals surface area contributed by atoms with E-state index in [0.717, 1.165) is 12.8 Å². The van der Waals surface area contributed by atoms with Crippen molar-refractivity contribution in [3.8, 4) is 0 Å². The molecule has 1 fully saturated rings. The Balaban J connectivity index is 2.18. The lowest BCUT2D eigenvalue weighted by atomic mass is 9.93. The first-order valence-corrected chi connectivity index (χ1v) is 7.52. The SMILES string of the molecule is O=C(Nc1cc(C(F)(F)F)cc(C(F)(F)F)c1)NC1CCCCC1O. The monoisotopic (exact) mass is 370 g/mol. The first kappa shape index (κ1) is 19.4. The lowest BCUT2D eigenvalue weighted by Crippen LogP contribution is -2.46. The maximum atomic E-state index is 12.8. The van der Waals surface area contributed by atoms with Gasteiger partial charge in [0.25, 0.3) is 0 Å². The van der Waals surface area contributed by atoms with Crippen LogP contribution in [0, 0.1) is 0 Å². The van der Waals surface area contributed by atoms with Crippen LogP contribution in [0.3, 0.4) is 0 Å². The third-order valence-electron chi connectivity index (χ3n) is 3.89. The number of aliphatic hydroxyl groups is 1. The minimum absolute atomic E-state index is 0.0199. The second kappa shape index (κ2) is 7.11. The molecule has 0 saturated heterocycles. The van der Waals surface area contributed by atoms with Gasteiger partial charge in [0, 0.05) is 5.69 Å². The molecule has 2 unspecified atom stereocenters. The van der Waals surface area contributed by atoms with Gasteiger partial charge in [0.1, 0.15) is 0 Å². The molecule has 0 bridgehead atoms. The third kappa shape index (κ3) is 5.25. The molecule has 0 aromatic heterocycles. The Labute approximate surface area is 139 Å². The Morgan fingerprint density at radius 1 is 0.960 bits per heavy atom. The number of alkyl halides is 6. The van der Waals surface area contributed by atoms with Gasteiger partial charge in [0.2, 0.25) is 0 Å². The van der Waals surface area contributed by atoms with Crippen LogP contribution in [0.2, 0.25) is 0 Å². The summed E-state index contributed by atoms with van der Waals surface area (Å²) in [6, 6.07) is -0.744. The molecular formula is C15H16F6N2O2. The van der Waals surface area contributed by atoms with E-state index < -0.39 is 47.3 Å². The number of benzene rings is 1. The van der Waals surface area contributed by atoms with Crippen molar-refractivity contribution in [1.29, 1.82) is 0 Å². The van der Waals surface area contributed by atoms with Crippen LogP contribution in [0.1, 0.15) is 36.8 Å². The van der Waals surface area contributed by atoms with Crippen molar-refractivity contribution in [3.63, 3.8) is 0 Å². The van der Waals surface area contributed by atoms with Crippen LogP contribution in [0.15, 0.2) is 18.2 Å². The van der Waals surface area contributed by atoms with Gasteiger partial charge >= 0.3 is 18.4 Å². The van der Waals surface area contributed by atoms with E-state index in [1.807, 2.05) is 5.32 Å². The second-order valence-electron chi connectivity index (χ2n) is 5.85. The smallest absolute Gasteiger partial charge is 0.391 e. The molecule has 2 atom stereocenters. The van der Waals surface area contributed by atoms with Crippen LogP contribution in [0.5, 0.6) is 0 Å². The zero-order chi connectivity index (χ0) is 18.8. The van der Waals surface area contributed by atoms with Gasteiger partial charge in [-0.1, -0.05) is 12.8 Å². The molecule has 2 rings (SSSR count). The van der Waals surface area contributed by atoms with Gasteiger partial charge in [-0.2, -0.15) is 26.3 Å². The molecule has 0 spiro atoms.